The summed E-state index contributed by atoms with van der Waals surface area (Å²) in [6.45, 7) is 0.522. The third-order valence-corrected chi connectivity index (χ3v) is 4.52. The van der Waals surface area contributed by atoms with E-state index < -0.39 is 0 Å². The van der Waals surface area contributed by atoms with Crippen LogP contribution in [0, 0.1) is 17.8 Å². The molecule has 0 bridgehead atoms. The maximum Gasteiger partial charge on any atom is 0.337 e. The van der Waals surface area contributed by atoms with Crippen LogP contribution in [0.5, 0.6) is 0 Å². The number of carbonyl (C=O) groups excluding carboxylic acids is 2. The topological polar surface area (TPSA) is 55.4 Å². The quantitative estimate of drug-likeness (QED) is 0.855. The Bertz CT molecular complexity index is 523. The lowest BCUT2D eigenvalue weighted by Gasteiger charge is -2.12. The van der Waals surface area contributed by atoms with Gasteiger partial charge in [0.1, 0.15) is 0 Å². The summed E-state index contributed by atoms with van der Waals surface area (Å²) in [5, 5.41) is 3.01. The van der Waals surface area contributed by atoms with E-state index in [1.54, 1.807) is 12.1 Å². The molecule has 1 N–H and O–H groups in total. The second kappa shape index (κ2) is 5.27. The molecular formula is C16H19NO3. The van der Waals surface area contributed by atoms with Gasteiger partial charge in [-0.25, -0.2) is 4.79 Å². The zero-order valence-corrected chi connectivity index (χ0v) is 11.6. The van der Waals surface area contributed by atoms with Gasteiger partial charge in [-0.1, -0.05) is 12.1 Å². The van der Waals surface area contributed by atoms with Crippen molar-refractivity contribution in [1.29, 1.82) is 0 Å². The fourth-order valence-electron chi connectivity index (χ4n) is 3.23. The van der Waals surface area contributed by atoms with E-state index in [9.17, 15) is 9.59 Å². The Balaban J connectivity index is 1.53. The Morgan fingerprint density at radius 3 is 2.55 bits per heavy atom. The van der Waals surface area contributed by atoms with Gasteiger partial charge in [0.2, 0.25) is 5.91 Å². The molecule has 2 saturated carbocycles. The number of methoxy groups -OCH3 is 1. The first-order valence-corrected chi connectivity index (χ1v) is 7.14. The number of carbonyl (C=O) groups is 2. The number of hydrogen-bond donors (Lipinski definition) is 1. The minimum atomic E-state index is -0.341. The number of benzene rings is 1. The minimum absolute atomic E-state index is 0.187. The van der Waals surface area contributed by atoms with Crippen molar-refractivity contribution >= 4 is 11.9 Å². The van der Waals surface area contributed by atoms with Crippen molar-refractivity contribution in [3.05, 3.63) is 35.4 Å². The van der Waals surface area contributed by atoms with Gasteiger partial charge in [0.25, 0.3) is 0 Å². The normalized spacial score (nSPS) is 26.8. The molecule has 1 aromatic carbocycles. The van der Waals surface area contributed by atoms with Crippen molar-refractivity contribution in [2.45, 2.75) is 25.8 Å². The first-order valence-electron chi connectivity index (χ1n) is 7.14. The molecule has 0 radical (unpaired) electrons. The maximum atomic E-state index is 12.1. The summed E-state index contributed by atoms with van der Waals surface area (Å²) in [5.74, 6) is 1.55. The van der Waals surface area contributed by atoms with Crippen LogP contribution in [0.25, 0.3) is 0 Å². The maximum absolute atomic E-state index is 12.1. The number of esters is 1. The van der Waals surface area contributed by atoms with Crippen molar-refractivity contribution in [3.63, 3.8) is 0 Å². The van der Waals surface area contributed by atoms with Crippen LogP contribution in [0.4, 0.5) is 0 Å². The lowest BCUT2D eigenvalue weighted by molar-refractivity contribution is -0.125. The molecule has 1 amide bonds. The standard InChI is InChI=1S/C16H19NO3/c1-20-16(19)11-4-2-10(3-5-11)9-17-15(18)13-7-6-12-8-14(12)13/h2-5,12-14H,6-9H2,1H3,(H,17,18)/t12?,13-,14?/m0/s1. The number of fused-ring (bicyclic) bond motifs is 1. The van der Waals surface area contributed by atoms with Crippen molar-refractivity contribution in [1.82, 2.24) is 5.32 Å². The first kappa shape index (κ1) is 13.2. The Morgan fingerprint density at radius 1 is 1.25 bits per heavy atom. The molecule has 1 aromatic rings. The molecule has 20 heavy (non-hydrogen) atoms. The summed E-state index contributed by atoms with van der Waals surface area (Å²) in [5.41, 5.74) is 1.52. The third-order valence-electron chi connectivity index (χ3n) is 4.52. The molecule has 0 aromatic heterocycles. The number of nitrogens with one attached hydrogen (secondary N) is 1. The van der Waals surface area contributed by atoms with Gasteiger partial charge < -0.3 is 10.1 Å². The van der Waals surface area contributed by atoms with E-state index in [1.165, 1.54) is 20.0 Å². The van der Waals surface area contributed by atoms with E-state index in [-0.39, 0.29) is 17.8 Å². The Morgan fingerprint density at radius 2 is 2.00 bits per heavy atom. The lowest BCUT2D eigenvalue weighted by Crippen LogP contribution is -2.30. The number of hydrogen-bond acceptors (Lipinski definition) is 3. The average molecular weight is 273 g/mol. The zero-order valence-electron chi connectivity index (χ0n) is 11.6. The van der Waals surface area contributed by atoms with Crippen LogP contribution in [-0.4, -0.2) is 19.0 Å². The highest BCUT2D eigenvalue weighted by Crippen LogP contribution is 2.55. The van der Waals surface area contributed by atoms with Crippen LogP contribution in [0.3, 0.4) is 0 Å². The van der Waals surface area contributed by atoms with Crippen molar-refractivity contribution < 1.29 is 14.3 Å². The summed E-state index contributed by atoms with van der Waals surface area (Å²) in [7, 11) is 1.36. The van der Waals surface area contributed by atoms with Gasteiger partial charge in [-0.2, -0.15) is 0 Å². The number of ether oxygens (including phenoxy) is 1. The van der Waals surface area contributed by atoms with Gasteiger partial charge in [0.15, 0.2) is 0 Å². The molecule has 3 atom stereocenters. The molecule has 3 rings (SSSR count). The Labute approximate surface area is 118 Å². The van der Waals surface area contributed by atoms with Gasteiger partial charge in [0, 0.05) is 12.5 Å². The van der Waals surface area contributed by atoms with Gasteiger partial charge in [-0.15, -0.1) is 0 Å². The molecule has 0 spiro atoms. The highest BCUT2D eigenvalue weighted by molar-refractivity contribution is 5.89. The molecule has 2 aliphatic rings. The zero-order chi connectivity index (χ0) is 14.1. The lowest BCUT2D eigenvalue weighted by atomic mass is 10.0. The van der Waals surface area contributed by atoms with Crippen LogP contribution in [0.2, 0.25) is 0 Å². The predicted octanol–water partition coefficient (Wildman–Crippen LogP) is 2.14. The first-order chi connectivity index (χ1) is 9.69. The molecule has 4 heteroatoms. The highest BCUT2D eigenvalue weighted by atomic mass is 16.5. The van der Waals surface area contributed by atoms with Crippen molar-refractivity contribution in [2.75, 3.05) is 7.11 Å². The molecule has 2 fully saturated rings. The molecule has 0 heterocycles. The predicted molar refractivity (Wildman–Crippen MR) is 73.9 cm³/mol. The molecule has 4 nitrogen and oxygen atoms in total. The molecular weight excluding hydrogens is 254 g/mol. The second-order valence-corrected chi connectivity index (χ2v) is 5.75. The van der Waals surface area contributed by atoms with E-state index in [0.717, 1.165) is 17.9 Å². The highest BCUT2D eigenvalue weighted by Gasteiger charge is 2.50. The van der Waals surface area contributed by atoms with E-state index in [2.05, 4.69) is 10.1 Å². The number of rotatable bonds is 4. The molecule has 2 aliphatic carbocycles. The second-order valence-electron chi connectivity index (χ2n) is 5.75. The number of amides is 1. The summed E-state index contributed by atoms with van der Waals surface area (Å²) in [6.07, 6.45) is 3.50. The van der Waals surface area contributed by atoms with Crippen LogP contribution in [0.1, 0.15) is 35.2 Å². The Kier molecular flexibility index (Phi) is 3.47. The molecule has 0 saturated heterocycles. The van der Waals surface area contributed by atoms with Crippen molar-refractivity contribution in [3.8, 4) is 0 Å². The minimum Gasteiger partial charge on any atom is -0.465 e. The van der Waals surface area contributed by atoms with E-state index in [0.29, 0.717) is 18.0 Å². The van der Waals surface area contributed by atoms with Gasteiger partial charge in [-0.05, 0) is 48.8 Å². The largest absolute Gasteiger partial charge is 0.465 e. The smallest absolute Gasteiger partial charge is 0.337 e. The average Bonchev–Trinajstić information content (AvgIpc) is 3.15. The van der Waals surface area contributed by atoms with Crippen LogP contribution < -0.4 is 5.32 Å². The monoisotopic (exact) mass is 273 g/mol. The van der Waals surface area contributed by atoms with Crippen LogP contribution in [-0.2, 0) is 16.1 Å². The Hall–Kier alpha value is -1.84. The van der Waals surface area contributed by atoms with E-state index in [4.69, 9.17) is 0 Å². The summed E-state index contributed by atoms with van der Waals surface area (Å²) >= 11 is 0. The van der Waals surface area contributed by atoms with Crippen LogP contribution >= 0.6 is 0 Å². The van der Waals surface area contributed by atoms with E-state index >= 15 is 0 Å². The molecule has 106 valence electrons. The van der Waals surface area contributed by atoms with Gasteiger partial charge >= 0.3 is 5.97 Å². The molecule has 0 aliphatic heterocycles. The van der Waals surface area contributed by atoms with Crippen molar-refractivity contribution in [2.24, 2.45) is 17.8 Å². The summed E-state index contributed by atoms with van der Waals surface area (Å²) in [6, 6.07) is 7.14. The summed E-state index contributed by atoms with van der Waals surface area (Å²) < 4.78 is 4.65. The fourth-order valence-corrected chi connectivity index (χ4v) is 3.23. The van der Waals surface area contributed by atoms with Crippen LogP contribution in [0.15, 0.2) is 24.3 Å². The van der Waals surface area contributed by atoms with Gasteiger partial charge in [0.05, 0.1) is 12.7 Å². The SMILES string of the molecule is COC(=O)c1ccc(CNC(=O)[C@H]2CCC3CC32)cc1. The molecule has 2 unspecified atom stereocenters. The van der Waals surface area contributed by atoms with Gasteiger partial charge in [-0.3, -0.25) is 4.79 Å². The van der Waals surface area contributed by atoms with E-state index in [1.807, 2.05) is 12.1 Å². The third kappa shape index (κ3) is 2.55. The summed E-state index contributed by atoms with van der Waals surface area (Å²) in [4.78, 5) is 23.4. The fraction of sp³-hybridized carbons (Fsp3) is 0.500.